The zero-order valence-corrected chi connectivity index (χ0v) is 10.9. The van der Waals surface area contributed by atoms with Crippen molar-refractivity contribution in [2.24, 2.45) is 11.3 Å². The third-order valence-electron chi connectivity index (χ3n) is 4.42. The van der Waals surface area contributed by atoms with Crippen LogP contribution in [0, 0.1) is 11.3 Å². The van der Waals surface area contributed by atoms with Crippen LogP contribution in [0.15, 0.2) is 34.6 Å². The maximum absolute atomic E-state index is 11.7. The van der Waals surface area contributed by atoms with Crippen LogP contribution in [-0.2, 0) is 14.3 Å². The van der Waals surface area contributed by atoms with Crippen molar-refractivity contribution < 1.29 is 14.3 Å². The van der Waals surface area contributed by atoms with E-state index in [9.17, 15) is 9.59 Å². The van der Waals surface area contributed by atoms with E-state index in [-0.39, 0.29) is 17.2 Å². The summed E-state index contributed by atoms with van der Waals surface area (Å²) in [5, 5.41) is 0. The van der Waals surface area contributed by atoms with E-state index in [4.69, 9.17) is 4.74 Å². The van der Waals surface area contributed by atoms with Crippen LogP contribution in [0.2, 0.25) is 0 Å². The Morgan fingerprint density at radius 1 is 1.33 bits per heavy atom. The van der Waals surface area contributed by atoms with Crippen molar-refractivity contribution in [3.8, 4) is 0 Å². The van der Waals surface area contributed by atoms with Gasteiger partial charge in [0.1, 0.15) is 5.76 Å². The minimum absolute atomic E-state index is 0.163. The molecule has 94 valence electrons. The number of hydrogen-bond acceptors (Lipinski definition) is 3. The van der Waals surface area contributed by atoms with Crippen molar-refractivity contribution in [3.05, 3.63) is 34.6 Å². The van der Waals surface area contributed by atoms with E-state index in [1.807, 2.05) is 19.9 Å². The number of fused-ring (bicyclic) bond motifs is 2. The number of carbonyl (C=O) groups excluding carboxylic acids is 2. The van der Waals surface area contributed by atoms with E-state index in [0.717, 1.165) is 17.6 Å². The average molecular weight is 244 g/mol. The van der Waals surface area contributed by atoms with E-state index >= 15 is 0 Å². The molecule has 0 radical (unpaired) electrons. The summed E-state index contributed by atoms with van der Waals surface area (Å²) in [6, 6.07) is 0. The average Bonchev–Trinajstić information content (AvgIpc) is 2.50. The molecule has 0 unspecified atom stereocenters. The lowest BCUT2D eigenvalue weighted by atomic mass is 9.62. The lowest BCUT2D eigenvalue weighted by molar-refractivity contribution is -0.133. The molecular formula is C15H16O3. The minimum atomic E-state index is -0.244. The zero-order chi connectivity index (χ0) is 13.1. The van der Waals surface area contributed by atoms with Gasteiger partial charge < -0.3 is 4.74 Å². The lowest BCUT2D eigenvalue weighted by Gasteiger charge is -2.41. The fourth-order valence-corrected chi connectivity index (χ4v) is 3.39. The molecule has 1 heterocycles. The monoisotopic (exact) mass is 244 g/mol. The van der Waals surface area contributed by atoms with Gasteiger partial charge in [0, 0.05) is 23.0 Å². The van der Waals surface area contributed by atoms with Gasteiger partial charge in [0.05, 0.1) is 0 Å². The van der Waals surface area contributed by atoms with Gasteiger partial charge in [0.2, 0.25) is 0 Å². The summed E-state index contributed by atoms with van der Waals surface area (Å²) in [5.41, 5.74) is 2.64. The van der Waals surface area contributed by atoms with E-state index in [1.54, 1.807) is 6.08 Å². The molecule has 18 heavy (non-hydrogen) atoms. The summed E-state index contributed by atoms with van der Waals surface area (Å²) in [4.78, 5) is 23.3. The first-order valence-corrected chi connectivity index (χ1v) is 6.27. The van der Waals surface area contributed by atoms with Crippen molar-refractivity contribution in [3.63, 3.8) is 0 Å². The number of hydrogen-bond donors (Lipinski definition) is 0. The van der Waals surface area contributed by atoms with Gasteiger partial charge in [0.25, 0.3) is 0 Å². The van der Waals surface area contributed by atoms with Crippen molar-refractivity contribution in [1.29, 1.82) is 0 Å². The highest BCUT2D eigenvalue weighted by molar-refractivity contribution is 5.95. The lowest BCUT2D eigenvalue weighted by Crippen LogP contribution is -2.35. The predicted octanol–water partition coefficient (Wildman–Crippen LogP) is 2.69. The van der Waals surface area contributed by atoms with E-state index in [0.29, 0.717) is 23.7 Å². The molecule has 0 saturated heterocycles. The minimum Gasteiger partial charge on any atom is -0.423 e. The number of carbonyl (C=O) groups is 2. The molecule has 2 atom stereocenters. The molecular weight excluding hydrogens is 228 g/mol. The van der Waals surface area contributed by atoms with Gasteiger partial charge in [-0.2, -0.15) is 0 Å². The third kappa shape index (κ3) is 1.43. The third-order valence-corrected chi connectivity index (χ3v) is 4.42. The summed E-state index contributed by atoms with van der Waals surface area (Å²) in [6.45, 7) is 5.90. The second-order valence-electron chi connectivity index (χ2n) is 5.80. The molecule has 0 amide bonds. The van der Waals surface area contributed by atoms with Gasteiger partial charge >= 0.3 is 5.97 Å². The molecule has 0 aromatic carbocycles. The molecule has 0 saturated carbocycles. The van der Waals surface area contributed by atoms with Gasteiger partial charge in [-0.25, -0.2) is 4.79 Å². The second kappa shape index (κ2) is 3.44. The Bertz CT molecular complexity index is 562. The van der Waals surface area contributed by atoms with Crippen LogP contribution in [0.1, 0.15) is 33.6 Å². The van der Waals surface area contributed by atoms with Gasteiger partial charge in [-0.15, -0.1) is 0 Å². The molecule has 3 nitrogen and oxygen atoms in total. The maximum Gasteiger partial charge on any atom is 0.339 e. The predicted molar refractivity (Wildman–Crippen MR) is 66.5 cm³/mol. The van der Waals surface area contributed by atoms with Crippen molar-refractivity contribution in [1.82, 2.24) is 0 Å². The Balaban J connectivity index is 2.13. The van der Waals surface area contributed by atoms with Crippen molar-refractivity contribution in [2.75, 3.05) is 0 Å². The van der Waals surface area contributed by atoms with Crippen LogP contribution in [0.4, 0.5) is 0 Å². The summed E-state index contributed by atoms with van der Waals surface area (Å²) >= 11 is 0. The van der Waals surface area contributed by atoms with Gasteiger partial charge in [-0.1, -0.05) is 12.5 Å². The molecule has 1 aliphatic heterocycles. The highest BCUT2D eigenvalue weighted by Crippen LogP contribution is 2.51. The molecule has 0 aromatic rings. The van der Waals surface area contributed by atoms with Gasteiger partial charge in [-0.05, 0) is 38.3 Å². The quantitative estimate of drug-likeness (QED) is 0.615. The highest BCUT2D eigenvalue weighted by atomic mass is 16.5. The van der Waals surface area contributed by atoms with Gasteiger partial charge in [0.15, 0.2) is 5.78 Å². The van der Waals surface area contributed by atoms with Crippen LogP contribution in [0.3, 0.4) is 0 Å². The SMILES string of the molecule is CC1=CC(=O)C[C@@]2(C)C=C3OC(=O)C(C)=C3C[C@H]12. The van der Waals surface area contributed by atoms with Crippen LogP contribution >= 0.6 is 0 Å². The Labute approximate surface area is 106 Å². The molecule has 2 aliphatic carbocycles. The normalized spacial score (nSPS) is 34.7. The molecule has 0 bridgehead atoms. The molecule has 0 N–H and O–H groups in total. The summed E-state index contributed by atoms with van der Waals surface area (Å²) < 4.78 is 5.28. The fourth-order valence-electron chi connectivity index (χ4n) is 3.39. The Morgan fingerprint density at radius 3 is 2.78 bits per heavy atom. The van der Waals surface area contributed by atoms with Crippen molar-refractivity contribution in [2.45, 2.75) is 33.6 Å². The molecule has 3 aliphatic rings. The molecule has 0 aromatic heterocycles. The standard InChI is InChI=1S/C15H16O3/c1-8-4-10(16)6-15(3)7-13-11(5-12(8)15)9(2)14(17)18-13/h4,7,12H,5-6H2,1-3H3/t12-,15+/m1/s1. The fraction of sp³-hybridized carbons (Fsp3) is 0.467. The number of esters is 1. The summed E-state index contributed by atoms with van der Waals surface area (Å²) in [6.07, 6.45) is 5.04. The van der Waals surface area contributed by atoms with E-state index in [1.165, 1.54) is 0 Å². The Kier molecular flexibility index (Phi) is 2.19. The Hall–Kier alpha value is -1.64. The number of ether oxygens (including phenoxy) is 1. The smallest absolute Gasteiger partial charge is 0.339 e. The molecule has 3 heteroatoms. The number of allylic oxidation sites excluding steroid dienone is 4. The first kappa shape index (κ1) is 11.5. The van der Waals surface area contributed by atoms with E-state index < -0.39 is 0 Å². The molecule has 0 fully saturated rings. The molecule has 0 spiro atoms. The summed E-state index contributed by atoms with van der Waals surface area (Å²) in [7, 11) is 0. The van der Waals surface area contributed by atoms with Crippen LogP contribution in [-0.4, -0.2) is 11.8 Å². The van der Waals surface area contributed by atoms with Crippen LogP contribution in [0.5, 0.6) is 0 Å². The first-order chi connectivity index (χ1) is 8.40. The van der Waals surface area contributed by atoms with Crippen LogP contribution < -0.4 is 0 Å². The first-order valence-electron chi connectivity index (χ1n) is 6.27. The van der Waals surface area contributed by atoms with Gasteiger partial charge in [-0.3, -0.25) is 4.79 Å². The number of ketones is 1. The second-order valence-corrected chi connectivity index (χ2v) is 5.80. The Morgan fingerprint density at radius 2 is 2.06 bits per heavy atom. The van der Waals surface area contributed by atoms with Crippen LogP contribution in [0.25, 0.3) is 0 Å². The highest BCUT2D eigenvalue weighted by Gasteiger charge is 2.45. The van der Waals surface area contributed by atoms with E-state index in [2.05, 4.69) is 6.92 Å². The molecule has 3 rings (SSSR count). The number of rotatable bonds is 0. The largest absolute Gasteiger partial charge is 0.423 e. The zero-order valence-electron chi connectivity index (χ0n) is 10.9. The topological polar surface area (TPSA) is 43.4 Å². The van der Waals surface area contributed by atoms with Crippen molar-refractivity contribution >= 4 is 11.8 Å². The maximum atomic E-state index is 11.7. The summed E-state index contributed by atoms with van der Waals surface area (Å²) in [5.74, 6) is 0.903.